The summed E-state index contributed by atoms with van der Waals surface area (Å²) in [5.74, 6) is 0.820. The zero-order valence-electron chi connectivity index (χ0n) is 14.1. The zero-order chi connectivity index (χ0) is 16.9. The van der Waals surface area contributed by atoms with Crippen LogP contribution in [0.1, 0.15) is 36.1 Å². The molecule has 0 aliphatic carbocycles. The van der Waals surface area contributed by atoms with Crippen LogP contribution < -0.4 is 0 Å². The van der Waals surface area contributed by atoms with Gasteiger partial charge in [-0.05, 0) is 30.7 Å². The molecule has 0 aliphatic heterocycles. The zero-order valence-corrected chi connectivity index (χ0v) is 14.1. The first-order valence-electron chi connectivity index (χ1n) is 8.31. The van der Waals surface area contributed by atoms with E-state index in [0.717, 1.165) is 36.2 Å². The molecule has 3 aromatic rings. The molecule has 0 saturated heterocycles. The second-order valence-corrected chi connectivity index (χ2v) is 5.90. The van der Waals surface area contributed by atoms with Gasteiger partial charge in [0.2, 0.25) is 0 Å². The molecule has 24 heavy (non-hydrogen) atoms. The van der Waals surface area contributed by atoms with Gasteiger partial charge in [-0.1, -0.05) is 31.5 Å². The van der Waals surface area contributed by atoms with Gasteiger partial charge in [0.1, 0.15) is 11.5 Å². The van der Waals surface area contributed by atoms with Crippen LogP contribution >= 0.6 is 0 Å². The minimum absolute atomic E-state index is 0.0929. The van der Waals surface area contributed by atoms with E-state index in [2.05, 4.69) is 22.5 Å². The maximum atomic E-state index is 12.5. The number of carbonyl (C=O) groups is 1. The summed E-state index contributed by atoms with van der Waals surface area (Å²) in [5, 5.41) is 0. The number of hydrogen-bond donors (Lipinski definition) is 0. The quantitative estimate of drug-likeness (QED) is 0.698. The fourth-order valence-corrected chi connectivity index (χ4v) is 2.78. The third-order valence-corrected chi connectivity index (χ3v) is 4.08. The minimum Gasteiger partial charge on any atom is -0.333 e. The van der Waals surface area contributed by atoms with Gasteiger partial charge in [-0.15, -0.1) is 0 Å². The van der Waals surface area contributed by atoms with Crippen LogP contribution in [0.3, 0.4) is 0 Å². The molecule has 0 saturated carbocycles. The number of aromatic nitrogens is 3. The third kappa shape index (κ3) is 3.30. The predicted octanol–water partition coefficient (Wildman–Crippen LogP) is 3.50. The monoisotopic (exact) mass is 322 g/mol. The number of pyridine rings is 1. The number of para-hydroxylation sites is 2. The number of amides is 1. The molecule has 2 heterocycles. The fraction of sp³-hybridized carbons (Fsp3) is 0.316. The highest BCUT2D eigenvalue weighted by atomic mass is 16.2. The van der Waals surface area contributed by atoms with Crippen molar-refractivity contribution in [3.05, 3.63) is 60.2 Å². The topological polar surface area (TPSA) is 51.0 Å². The van der Waals surface area contributed by atoms with Gasteiger partial charge in [0.25, 0.3) is 5.91 Å². The van der Waals surface area contributed by atoms with E-state index in [-0.39, 0.29) is 5.91 Å². The van der Waals surface area contributed by atoms with Crippen LogP contribution in [0.4, 0.5) is 0 Å². The van der Waals surface area contributed by atoms with Gasteiger partial charge in [0.05, 0.1) is 17.6 Å². The highest BCUT2D eigenvalue weighted by Gasteiger charge is 2.17. The van der Waals surface area contributed by atoms with E-state index in [4.69, 9.17) is 4.98 Å². The summed E-state index contributed by atoms with van der Waals surface area (Å²) in [7, 11) is 1.79. The number of hydrogen-bond acceptors (Lipinski definition) is 3. The Labute approximate surface area is 142 Å². The van der Waals surface area contributed by atoms with Crippen molar-refractivity contribution in [3.63, 3.8) is 0 Å². The average molecular weight is 322 g/mol. The lowest BCUT2D eigenvalue weighted by Crippen LogP contribution is -2.28. The van der Waals surface area contributed by atoms with Gasteiger partial charge >= 0.3 is 0 Å². The molecule has 0 atom stereocenters. The SMILES string of the molecule is CCCCn1c(CN(C)C(=O)c2ccccn2)nc2ccccc21. The normalized spacial score (nSPS) is 10.9. The van der Waals surface area contributed by atoms with Crippen molar-refractivity contribution < 1.29 is 4.79 Å². The molecule has 5 nitrogen and oxygen atoms in total. The Morgan fingerprint density at radius 3 is 2.71 bits per heavy atom. The Kier molecular flexibility index (Phi) is 4.89. The Morgan fingerprint density at radius 1 is 1.17 bits per heavy atom. The molecule has 1 amide bonds. The van der Waals surface area contributed by atoms with Crippen molar-refractivity contribution in [2.45, 2.75) is 32.9 Å². The summed E-state index contributed by atoms with van der Waals surface area (Å²) in [4.78, 5) is 23.1. The van der Waals surface area contributed by atoms with Crippen molar-refractivity contribution in [2.24, 2.45) is 0 Å². The van der Waals surface area contributed by atoms with Gasteiger partial charge < -0.3 is 9.47 Å². The van der Waals surface area contributed by atoms with Gasteiger partial charge in [0, 0.05) is 19.8 Å². The smallest absolute Gasteiger partial charge is 0.272 e. The summed E-state index contributed by atoms with van der Waals surface area (Å²) in [6.45, 7) is 3.56. The van der Waals surface area contributed by atoms with Crippen LogP contribution in [-0.4, -0.2) is 32.4 Å². The number of fused-ring (bicyclic) bond motifs is 1. The highest BCUT2D eigenvalue weighted by Crippen LogP contribution is 2.18. The molecule has 3 rings (SSSR count). The summed E-state index contributed by atoms with van der Waals surface area (Å²) < 4.78 is 2.22. The number of benzene rings is 1. The molecule has 0 N–H and O–H groups in total. The van der Waals surface area contributed by atoms with Crippen molar-refractivity contribution >= 4 is 16.9 Å². The fourth-order valence-electron chi connectivity index (χ4n) is 2.78. The number of rotatable bonds is 6. The van der Waals surface area contributed by atoms with E-state index in [9.17, 15) is 4.79 Å². The summed E-state index contributed by atoms with van der Waals surface area (Å²) in [5.41, 5.74) is 2.55. The van der Waals surface area contributed by atoms with E-state index < -0.39 is 0 Å². The van der Waals surface area contributed by atoms with E-state index in [1.807, 2.05) is 24.3 Å². The molecule has 2 aromatic heterocycles. The summed E-state index contributed by atoms with van der Waals surface area (Å²) in [6, 6.07) is 13.5. The number of imidazole rings is 1. The molecule has 0 unspecified atom stereocenters. The predicted molar refractivity (Wildman–Crippen MR) is 94.7 cm³/mol. The number of aryl methyl sites for hydroxylation is 1. The van der Waals surface area contributed by atoms with E-state index in [1.54, 1.807) is 30.3 Å². The van der Waals surface area contributed by atoms with Crippen molar-refractivity contribution in [1.82, 2.24) is 19.4 Å². The summed E-state index contributed by atoms with van der Waals surface area (Å²) in [6.07, 6.45) is 3.84. The molecular formula is C19H22N4O. The summed E-state index contributed by atoms with van der Waals surface area (Å²) >= 11 is 0. The van der Waals surface area contributed by atoms with E-state index in [1.165, 1.54) is 0 Å². The molecule has 124 valence electrons. The van der Waals surface area contributed by atoms with Gasteiger partial charge in [0.15, 0.2) is 0 Å². The van der Waals surface area contributed by atoms with Crippen molar-refractivity contribution in [1.29, 1.82) is 0 Å². The van der Waals surface area contributed by atoms with Crippen LogP contribution in [0.25, 0.3) is 11.0 Å². The van der Waals surface area contributed by atoms with Crippen LogP contribution in [0.15, 0.2) is 48.7 Å². The maximum absolute atomic E-state index is 12.5. The Bertz CT molecular complexity index is 826. The molecule has 1 aromatic carbocycles. The van der Waals surface area contributed by atoms with Crippen LogP contribution in [0.2, 0.25) is 0 Å². The number of unbranched alkanes of at least 4 members (excludes halogenated alkanes) is 1. The molecule has 0 spiro atoms. The Balaban J connectivity index is 1.87. The maximum Gasteiger partial charge on any atom is 0.272 e. The molecule has 0 aliphatic rings. The third-order valence-electron chi connectivity index (χ3n) is 4.08. The first-order valence-corrected chi connectivity index (χ1v) is 8.31. The molecule has 5 heteroatoms. The van der Waals surface area contributed by atoms with Crippen LogP contribution in [0, 0.1) is 0 Å². The van der Waals surface area contributed by atoms with Gasteiger partial charge in [-0.25, -0.2) is 4.98 Å². The van der Waals surface area contributed by atoms with Crippen molar-refractivity contribution in [2.75, 3.05) is 7.05 Å². The first-order chi connectivity index (χ1) is 11.7. The lowest BCUT2D eigenvalue weighted by atomic mass is 10.3. The number of nitrogens with zero attached hydrogens (tertiary/aromatic N) is 4. The largest absolute Gasteiger partial charge is 0.333 e. The molecule has 0 radical (unpaired) electrons. The van der Waals surface area contributed by atoms with Crippen LogP contribution in [-0.2, 0) is 13.1 Å². The van der Waals surface area contributed by atoms with Crippen LogP contribution in [0.5, 0.6) is 0 Å². The van der Waals surface area contributed by atoms with Gasteiger partial charge in [-0.3, -0.25) is 9.78 Å². The van der Waals surface area contributed by atoms with E-state index in [0.29, 0.717) is 12.2 Å². The molecule has 0 bridgehead atoms. The highest BCUT2D eigenvalue weighted by molar-refractivity contribution is 5.92. The lowest BCUT2D eigenvalue weighted by molar-refractivity contribution is 0.0774. The standard InChI is InChI=1S/C19H22N4O/c1-3-4-13-23-17-11-6-5-9-15(17)21-18(23)14-22(2)19(24)16-10-7-8-12-20-16/h5-12H,3-4,13-14H2,1-2H3. The number of carbonyl (C=O) groups excluding carboxylic acids is 1. The molecular weight excluding hydrogens is 300 g/mol. The Hall–Kier alpha value is -2.69. The minimum atomic E-state index is -0.0929. The van der Waals surface area contributed by atoms with E-state index >= 15 is 0 Å². The van der Waals surface area contributed by atoms with Gasteiger partial charge in [-0.2, -0.15) is 0 Å². The molecule has 0 fully saturated rings. The second kappa shape index (κ2) is 7.25. The van der Waals surface area contributed by atoms with Crippen molar-refractivity contribution in [3.8, 4) is 0 Å². The average Bonchev–Trinajstić information content (AvgIpc) is 2.97. The second-order valence-electron chi connectivity index (χ2n) is 5.90. The Morgan fingerprint density at radius 2 is 1.96 bits per heavy atom. The first kappa shape index (κ1) is 16.2. The lowest BCUT2D eigenvalue weighted by Gasteiger charge is -2.17.